The summed E-state index contributed by atoms with van der Waals surface area (Å²) in [5.41, 5.74) is 7.36. The average molecular weight is 279 g/mol. The predicted molar refractivity (Wildman–Crippen MR) is 84.0 cm³/mol. The van der Waals surface area contributed by atoms with Crippen molar-refractivity contribution in [3.8, 4) is 5.75 Å². The molecule has 0 heterocycles. The maximum Gasteiger partial charge on any atom is 0.118 e. The molecule has 0 saturated carbocycles. The van der Waals surface area contributed by atoms with E-state index >= 15 is 0 Å². The third-order valence-corrected chi connectivity index (χ3v) is 3.49. The minimum absolute atomic E-state index is 0.0120. The maximum absolute atomic E-state index is 6.24. The van der Waals surface area contributed by atoms with Crippen LogP contribution >= 0.6 is 0 Å². The predicted octanol–water partition coefficient (Wildman–Crippen LogP) is 3.92. The zero-order valence-electron chi connectivity index (χ0n) is 13.4. The Balaban J connectivity index is 2.82. The van der Waals surface area contributed by atoms with Crippen molar-refractivity contribution in [2.45, 2.75) is 58.8 Å². The van der Waals surface area contributed by atoms with E-state index in [0.717, 1.165) is 24.2 Å². The second-order valence-corrected chi connectivity index (χ2v) is 5.84. The lowest BCUT2D eigenvalue weighted by molar-refractivity contribution is -0.0271. The second-order valence-electron chi connectivity index (χ2n) is 5.84. The molecule has 0 spiro atoms. The highest BCUT2D eigenvalue weighted by atomic mass is 16.5. The number of rotatable bonds is 8. The Morgan fingerprint density at radius 3 is 2.15 bits per heavy atom. The normalized spacial score (nSPS) is 15.9. The van der Waals surface area contributed by atoms with Gasteiger partial charge in [-0.05, 0) is 43.4 Å². The SMILES string of the molecule is CCC(N)C(OC(C)CC(C)C)c1ccc(OC)cc1. The van der Waals surface area contributed by atoms with Crippen LogP contribution in [0.1, 0.15) is 52.2 Å². The fourth-order valence-corrected chi connectivity index (χ4v) is 2.40. The number of hydrogen-bond donors (Lipinski definition) is 1. The van der Waals surface area contributed by atoms with E-state index in [1.165, 1.54) is 0 Å². The number of hydrogen-bond acceptors (Lipinski definition) is 3. The van der Waals surface area contributed by atoms with Crippen molar-refractivity contribution in [2.24, 2.45) is 11.7 Å². The quantitative estimate of drug-likeness (QED) is 0.784. The molecule has 1 rings (SSSR count). The Morgan fingerprint density at radius 2 is 1.70 bits per heavy atom. The molecule has 1 aromatic rings. The summed E-state index contributed by atoms with van der Waals surface area (Å²) in [6, 6.07) is 8.02. The van der Waals surface area contributed by atoms with Gasteiger partial charge in [-0.3, -0.25) is 0 Å². The lowest BCUT2D eigenvalue weighted by atomic mass is 9.99. The molecule has 0 fully saturated rings. The smallest absolute Gasteiger partial charge is 0.118 e. The Bertz CT molecular complexity index is 375. The van der Waals surface area contributed by atoms with Crippen molar-refractivity contribution in [1.29, 1.82) is 0 Å². The highest BCUT2D eigenvalue weighted by molar-refractivity contribution is 5.29. The molecule has 20 heavy (non-hydrogen) atoms. The lowest BCUT2D eigenvalue weighted by Crippen LogP contribution is -2.32. The van der Waals surface area contributed by atoms with Gasteiger partial charge in [0, 0.05) is 6.04 Å². The molecule has 2 N–H and O–H groups in total. The first-order valence-corrected chi connectivity index (χ1v) is 7.52. The lowest BCUT2D eigenvalue weighted by Gasteiger charge is -2.28. The van der Waals surface area contributed by atoms with Crippen molar-refractivity contribution in [1.82, 2.24) is 0 Å². The van der Waals surface area contributed by atoms with Crippen molar-refractivity contribution in [2.75, 3.05) is 7.11 Å². The van der Waals surface area contributed by atoms with Crippen LogP contribution in [0.4, 0.5) is 0 Å². The Hall–Kier alpha value is -1.06. The Labute approximate surface area is 123 Å². The van der Waals surface area contributed by atoms with Crippen LogP contribution in [-0.4, -0.2) is 19.3 Å². The molecule has 0 aliphatic rings. The minimum Gasteiger partial charge on any atom is -0.497 e. The Morgan fingerprint density at radius 1 is 1.10 bits per heavy atom. The third kappa shape index (κ3) is 5.14. The van der Waals surface area contributed by atoms with Gasteiger partial charge in [0.1, 0.15) is 5.75 Å². The van der Waals surface area contributed by atoms with Gasteiger partial charge in [-0.2, -0.15) is 0 Å². The average Bonchev–Trinajstić information content (AvgIpc) is 2.43. The van der Waals surface area contributed by atoms with E-state index in [4.69, 9.17) is 15.2 Å². The van der Waals surface area contributed by atoms with Gasteiger partial charge in [-0.15, -0.1) is 0 Å². The van der Waals surface area contributed by atoms with E-state index in [9.17, 15) is 0 Å². The third-order valence-electron chi connectivity index (χ3n) is 3.49. The number of methoxy groups -OCH3 is 1. The fraction of sp³-hybridized carbons (Fsp3) is 0.647. The van der Waals surface area contributed by atoms with Gasteiger partial charge in [0.2, 0.25) is 0 Å². The summed E-state index contributed by atoms with van der Waals surface area (Å²) in [6.07, 6.45) is 2.09. The Kier molecular flexibility index (Phi) is 7.03. The van der Waals surface area contributed by atoms with Crippen LogP contribution in [0.2, 0.25) is 0 Å². The molecule has 0 aliphatic heterocycles. The van der Waals surface area contributed by atoms with Crippen molar-refractivity contribution in [3.63, 3.8) is 0 Å². The molecule has 3 heteroatoms. The van der Waals surface area contributed by atoms with Crippen LogP contribution in [0.3, 0.4) is 0 Å². The first-order valence-electron chi connectivity index (χ1n) is 7.52. The molecule has 3 atom stereocenters. The van der Waals surface area contributed by atoms with Gasteiger partial charge in [0.15, 0.2) is 0 Å². The van der Waals surface area contributed by atoms with Crippen LogP contribution in [0.25, 0.3) is 0 Å². The van der Waals surface area contributed by atoms with E-state index in [2.05, 4.69) is 27.7 Å². The highest BCUT2D eigenvalue weighted by Crippen LogP contribution is 2.27. The molecular formula is C17H29NO2. The summed E-state index contributed by atoms with van der Waals surface area (Å²) in [5, 5.41) is 0. The largest absolute Gasteiger partial charge is 0.497 e. The standard InChI is InChI=1S/C17H29NO2/c1-6-16(18)17(20-13(4)11-12(2)3)14-7-9-15(19-5)10-8-14/h7-10,12-13,16-17H,6,11,18H2,1-5H3. The molecule has 3 unspecified atom stereocenters. The van der Waals surface area contributed by atoms with E-state index in [1.54, 1.807) is 7.11 Å². The zero-order valence-corrected chi connectivity index (χ0v) is 13.4. The molecule has 114 valence electrons. The monoisotopic (exact) mass is 279 g/mol. The molecule has 0 aliphatic carbocycles. The van der Waals surface area contributed by atoms with Gasteiger partial charge in [-0.1, -0.05) is 32.9 Å². The molecule has 0 radical (unpaired) electrons. The van der Waals surface area contributed by atoms with E-state index in [-0.39, 0.29) is 18.2 Å². The van der Waals surface area contributed by atoms with Crippen LogP contribution in [0, 0.1) is 5.92 Å². The molecule has 0 saturated heterocycles. The number of ether oxygens (including phenoxy) is 2. The van der Waals surface area contributed by atoms with Gasteiger partial charge in [-0.25, -0.2) is 0 Å². The number of benzene rings is 1. The summed E-state index contributed by atoms with van der Waals surface area (Å²) in [7, 11) is 1.67. The summed E-state index contributed by atoms with van der Waals surface area (Å²) in [4.78, 5) is 0. The maximum atomic E-state index is 6.24. The van der Waals surface area contributed by atoms with E-state index in [1.807, 2.05) is 24.3 Å². The highest BCUT2D eigenvalue weighted by Gasteiger charge is 2.22. The van der Waals surface area contributed by atoms with E-state index in [0.29, 0.717) is 5.92 Å². The van der Waals surface area contributed by atoms with Crippen LogP contribution in [-0.2, 0) is 4.74 Å². The summed E-state index contributed by atoms with van der Waals surface area (Å²) < 4.78 is 11.4. The molecule has 0 aromatic heterocycles. The molecule has 3 nitrogen and oxygen atoms in total. The molecular weight excluding hydrogens is 250 g/mol. The van der Waals surface area contributed by atoms with Crippen molar-refractivity contribution in [3.05, 3.63) is 29.8 Å². The van der Waals surface area contributed by atoms with Gasteiger partial charge >= 0.3 is 0 Å². The zero-order chi connectivity index (χ0) is 15.1. The first kappa shape index (κ1) is 17.0. The molecule has 0 amide bonds. The van der Waals surface area contributed by atoms with Crippen molar-refractivity contribution < 1.29 is 9.47 Å². The molecule has 1 aromatic carbocycles. The minimum atomic E-state index is -0.0559. The van der Waals surface area contributed by atoms with Crippen LogP contribution < -0.4 is 10.5 Å². The summed E-state index contributed by atoms with van der Waals surface area (Å²) >= 11 is 0. The van der Waals surface area contributed by atoms with Gasteiger partial charge in [0.25, 0.3) is 0 Å². The van der Waals surface area contributed by atoms with E-state index < -0.39 is 0 Å². The second kappa shape index (κ2) is 8.28. The van der Waals surface area contributed by atoms with Gasteiger partial charge < -0.3 is 15.2 Å². The van der Waals surface area contributed by atoms with Crippen LogP contribution in [0.15, 0.2) is 24.3 Å². The van der Waals surface area contributed by atoms with Gasteiger partial charge in [0.05, 0.1) is 19.3 Å². The van der Waals surface area contributed by atoms with Crippen molar-refractivity contribution >= 4 is 0 Å². The topological polar surface area (TPSA) is 44.5 Å². The first-order chi connectivity index (χ1) is 9.47. The molecule has 0 bridgehead atoms. The van der Waals surface area contributed by atoms with Crippen LogP contribution in [0.5, 0.6) is 5.75 Å². The summed E-state index contributed by atoms with van der Waals surface area (Å²) in [5.74, 6) is 1.48. The summed E-state index contributed by atoms with van der Waals surface area (Å²) in [6.45, 7) is 8.64. The fourth-order valence-electron chi connectivity index (χ4n) is 2.40. The number of nitrogens with two attached hydrogens (primary N) is 1.